The van der Waals surface area contributed by atoms with Crippen LogP contribution in [0.3, 0.4) is 0 Å². The number of hydrogen-bond donors (Lipinski definition) is 3. The Hall–Kier alpha value is -6.50. The minimum Gasteiger partial charge on any atom is -0.441 e. The van der Waals surface area contributed by atoms with E-state index in [1.165, 1.54) is 0 Å². The fourth-order valence-electron chi connectivity index (χ4n) is 6.80. The second kappa shape index (κ2) is 11.9. The van der Waals surface area contributed by atoms with Crippen molar-refractivity contribution in [2.24, 2.45) is 0 Å². The molecule has 9 rings (SSSR count). The molecule has 0 aliphatic carbocycles. The van der Waals surface area contributed by atoms with Gasteiger partial charge in [0.25, 0.3) is 0 Å². The predicted octanol–water partition coefficient (Wildman–Crippen LogP) is 10.2. The maximum absolute atomic E-state index is 11.6. The minimum atomic E-state index is -1.29. The van der Waals surface area contributed by atoms with Crippen molar-refractivity contribution >= 4 is 34.2 Å². The zero-order valence-electron chi connectivity index (χ0n) is 26.3. The summed E-state index contributed by atoms with van der Waals surface area (Å²) in [4.78, 5) is 17.8. The van der Waals surface area contributed by atoms with Crippen molar-refractivity contribution in [3.05, 3.63) is 163 Å². The number of nitrogens with zero attached hydrogens (tertiary/aromatic N) is 2. The monoisotopic (exact) mass is 634 g/mol. The summed E-state index contributed by atoms with van der Waals surface area (Å²) in [6, 6.07) is 48.8. The average Bonchev–Trinajstić information content (AvgIpc) is 3.98. The number of hydrogen-bond acceptors (Lipinski definition) is 4. The number of nitrogens with one attached hydrogen (secondary N) is 2. The number of benzene rings is 4. The Morgan fingerprint density at radius 1 is 0.429 bits per heavy atom. The smallest absolute Gasteiger partial charge is 0.244 e. The van der Waals surface area contributed by atoms with E-state index in [0.29, 0.717) is 11.6 Å². The summed E-state index contributed by atoms with van der Waals surface area (Å²) in [7, 11) is 0. The first kappa shape index (κ1) is 28.7. The number of fused-ring (bicyclic) bond motifs is 8. The van der Waals surface area contributed by atoms with Gasteiger partial charge in [0.2, 0.25) is 12.2 Å². The molecule has 49 heavy (non-hydrogen) atoms. The Kier molecular flexibility index (Phi) is 6.99. The number of aromatic amines is 2. The molecule has 6 heteroatoms. The van der Waals surface area contributed by atoms with Crippen molar-refractivity contribution in [2.75, 3.05) is 0 Å². The molecule has 1 atom stereocenters. The first-order valence-corrected chi connectivity index (χ1v) is 16.3. The lowest BCUT2D eigenvalue weighted by atomic mass is 10.0. The Morgan fingerprint density at radius 3 is 1.24 bits per heavy atom. The van der Waals surface area contributed by atoms with Gasteiger partial charge in [-0.1, -0.05) is 121 Å². The molecule has 6 nitrogen and oxygen atoms in total. The van der Waals surface area contributed by atoms with E-state index in [1.54, 1.807) is 0 Å². The fourth-order valence-corrected chi connectivity index (χ4v) is 6.80. The van der Waals surface area contributed by atoms with Crippen molar-refractivity contribution in [3.63, 3.8) is 0 Å². The summed E-state index contributed by atoms with van der Waals surface area (Å²) in [5, 5.41) is 11.6. The number of aromatic nitrogens is 4. The summed E-state index contributed by atoms with van der Waals surface area (Å²) in [6.45, 7) is 0. The summed E-state index contributed by atoms with van der Waals surface area (Å²) in [5.74, 6) is 0.334. The van der Waals surface area contributed by atoms with Crippen LogP contribution in [0.1, 0.15) is 23.4 Å². The van der Waals surface area contributed by atoms with Gasteiger partial charge in [-0.15, -0.1) is 0 Å². The van der Waals surface area contributed by atoms with Gasteiger partial charge in [0.15, 0.2) is 0 Å². The lowest BCUT2D eigenvalue weighted by molar-refractivity contribution is -0.00784. The van der Waals surface area contributed by atoms with E-state index in [0.717, 1.165) is 78.0 Å². The van der Waals surface area contributed by atoms with Crippen LogP contribution in [0.15, 0.2) is 146 Å². The van der Waals surface area contributed by atoms with Gasteiger partial charge >= 0.3 is 0 Å². The second-order valence-electron chi connectivity index (χ2n) is 12.0. The van der Waals surface area contributed by atoms with Crippen LogP contribution in [0.2, 0.25) is 0 Å². The SMILES string of the molecule is OC1Oc2nc1c(-c1ccccc1)c1ccc([nH]1)c(-c1ccccc1)c1nc(c(-c3ccccc3)c3ccc([nH]3)c2-c2ccccc2)C=C1. The summed E-state index contributed by atoms with van der Waals surface area (Å²) >= 11 is 0. The molecule has 1 unspecified atom stereocenters. The van der Waals surface area contributed by atoms with Gasteiger partial charge in [-0.25, -0.2) is 9.97 Å². The Bertz CT molecular complexity index is 2520. The van der Waals surface area contributed by atoms with Gasteiger partial charge in [-0.2, -0.15) is 0 Å². The molecule has 0 saturated carbocycles. The molecule has 0 radical (unpaired) electrons. The van der Waals surface area contributed by atoms with Crippen LogP contribution in [-0.2, 0) is 0 Å². The van der Waals surface area contributed by atoms with E-state index in [9.17, 15) is 5.11 Å². The van der Waals surface area contributed by atoms with E-state index in [4.69, 9.17) is 14.7 Å². The fraction of sp³-hybridized carbons (Fsp3) is 0.0233. The van der Waals surface area contributed by atoms with E-state index in [2.05, 4.69) is 58.5 Å². The minimum absolute atomic E-state index is 0.334. The van der Waals surface area contributed by atoms with Gasteiger partial charge in [-0.05, 0) is 58.7 Å². The normalized spacial score (nSPS) is 13.7. The molecular weight excluding hydrogens is 604 g/mol. The molecule has 5 heterocycles. The molecule has 3 N–H and O–H groups in total. The third-order valence-electron chi connectivity index (χ3n) is 9.00. The molecule has 0 amide bonds. The van der Waals surface area contributed by atoms with Crippen LogP contribution in [0.25, 0.3) is 78.7 Å². The number of rotatable bonds is 4. The van der Waals surface area contributed by atoms with Crippen LogP contribution < -0.4 is 4.74 Å². The molecule has 3 aromatic heterocycles. The summed E-state index contributed by atoms with van der Waals surface area (Å²) in [5.41, 5.74) is 12.8. The predicted molar refractivity (Wildman–Crippen MR) is 197 cm³/mol. The van der Waals surface area contributed by atoms with E-state index in [1.807, 2.05) is 109 Å². The number of aliphatic hydroxyl groups is 1. The zero-order valence-corrected chi connectivity index (χ0v) is 26.3. The van der Waals surface area contributed by atoms with Gasteiger partial charge in [0, 0.05) is 33.2 Å². The highest BCUT2D eigenvalue weighted by Crippen LogP contribution is 2.42. The quantitative estimate of drug-likeness (QED) is 0.180. The molecular formula is C43H30N4O2. The Morgan fingerprint density at radius 2 is 0.796 bits per heavy atom. The molecule has 0 fully saturated rings. The molecule has 8 bridgehead atoms. The highest BCUT2D eigenvalue weighted by atomic mass is 16.6. The standard InChI is InChI=1S/C43H30N4O2/c48-43-41-39(29-17-9-3-10-18-29)35-25-23-33(45-35)37(27-13-5-1-6-14-27)31-21-22-32(44-31)38(28-15-7-2-8-16-28)34-24-26-36(46-34)40(42(47-41)49-43)30-19-11-4-12-20-30/h1-26,43,45-46,48H. The lowest BCUT2D eigenvalue weighted by Crippen LogP contribution is -2.02. The number of aliphatic hydroxyl groups excluding tert-OH is 1. The van der Waals surface area contributed by atoms with Gasteiger partial charge in [-0.3, -0.25) is 0 Å². The number of ether oxygens (including phenoxy) is 1. The van der Waals surface area contributed by atoms with Crippen LogP contribution in [0, 0.1) is 0 Å². The first-order chi connectivity index (χ1) is 24.2. The highest BCUT2D eigenvalue weighted by Gasteiger charge is 2.27. The van der Waals surface area contributed by atoms with Crippen molar-refractivity contribution in [2.45, 2.75) is 6.29 Å². The van der Waals surface area contributed by atoms with Crippen LogP contribution >= 0.6 is 0 Å². The van der Waals surface area contributed by atoms with Crippen molar-refractivity contribution < 1.29 is 9.84 Å². The highest BCUT2D eigenvalue weighted by molar-refractivity contribution is 5.97. The lowest BCUT2D eigenvalue weighted by Gasteiger charge is -2.09. The largest absolute Gasteiger partial charge is 0.441 e. The van der Waals surface area contributed by atoms with Gasteiger partial charge in [0.05, 0.1) is 22.5 Å². The van der Waals surface area contributed by atoms with E-state index in [-0.39, 0.29) is 0 Å². The maximum Gasteiger partial charge on any atom is 0.244 e. The van der Waals surface area contributed by atoms with Crippen LogP contribution in [0.5, 0.6) is 5.88 Å². The summed E-state index contributed by atoms with van der Waals surface area (Å²) < 4.78 is 6.26. The van der Waals surface area contributed by atoms with Crippen molar-refractivity contribution in [3.8, 4) is 50.4 Å². The van der Waals surface area contributed by atoms with Crippen LogP contribution in [-0.4, -0.2) is 25.0 Å². The van der Waals surface area contributed by atoms with Crippen LogP contribution in [0.4, 0.5) is 0 Å². The zero-order chi connectivity index (χ0) is 32.7. The first-order valence-electron chi connectivity index (χ1n) is 16.3. The number of H-pyrrole nitrogens is 2. The molecule has 7 aromatic rings. The average molecular weight is 635 g/mol. The maximum atomic E-state index is 11.6. The topological polar surface area (TPSA) is 86.8 Å². The molecule has 2 aliphatic rings. The third-order valence-corrected chi connectivity index (χ3v) is 9.00. The summed E-state index contributed by atoms with van der Waals surface area (Å²) in [6.07, 6.45) is 2.89. The molecule has 4 aromatic carbocycles. The Labute approximate surface area is 282 Å². The Balaban J connectivity index is 1.49. The second-order valence-corrected chi connectivity index (χ2v) is 12.0. The molecule has 234 valence electrons. The van der Waals surface area contributed by atoms with E-state index < -0.39 is 6.29 Å². The van der Waals surface area contributed by atoms with Gasteiger partial charge < -0.3 is 19.8 Å². The van der Waals surface area contributed by atoms with Crippen molar-refractivity contribution in [1.82, 2.24) is 19.9 Å². The van der Waals surface area contributed by atoms with Gasteiger partial charge in [0.1, 0.15) is 5.69 Å². The van der Waals surface area contributed by atoms with E-state index >= 15 is 0 Å². The third kappa shape index (κ3) is 5.12. The molecule has 2 aliphatic heterocycles. The molecule has 0 saturated heterocycles. The van der Waals surface area contributed by atoms with Crippen molar-refractivity contribution in [1.29, 1.82) is 0 Å². The molecule has 0 spiro atoms.